The van der Waals surface area contributed by atoms with Gasteiger partial charge in [0.1, 0.15) is 22.3 Å². The zero-order chi connectivity index (χ0) is 87.6. The van der Waals surface area contributed by atoms with Crippen molar-refractivity contribution in [3.8, 4) is 78.5 Å². The molecule has 0 radical (unpaired) electrons. The molecule has 0 atom stereocenters. The summed E-state index contributed by atoms with van der Waals surface area (Å²) in [7, 11) is 0. The van der Waals surface area contributed by atoms with Crippen LogP contribution < -0.4 is 26.2 Å². The van der Waals surface area contributed by atoms with Gasteiger partial charge in [0.15, 0.2) is 0 Å². The van der Waals surface area contributed by atoms with E-state index in [2.05, 4.69) is 362 Å². The summed E-state index contributed by atoms with van der Waals surface area (Å²) in [6.45, 7) is -0.601. The minimum atomic E-state index is -0.692. The van der Waals surface area contributed by atoms with Crippen molar-refractivity contribution in [1.29, 1.82) is 5.26 Å². The Hall–Kier alpha value is -16.3. The third-order valence-electron chi connectivity index (χ3n) is 26.8. The lowest BCUT2D eigenvalue weighted by Crippen LogP contribution is -2.61. The molecule has 0 amide bonds. The Labute approximate surface area is 726 Å². The van der Waals surface area contributed by atoms with Gasteiger partial charge in [0.05, 0.1) is 54.5 Å². The fourth-order valence-electron chi connectivity index (χ4n) is 21.7. The Bertz CT molecular complexity index is 8680. The number of rotatable bonds is 11. The van der Waals surface area contributed by atoms with Gasteiger partial charge in [-0.25, -0.2) is 0 Å². The first-order valence-electron chi connectivity index (χ1n) is 45.6. The van der Waals surface area contributed by atoms with Crippen LogP contribution in [0.15, 0.2) is 439 Å². The van der Waals surface area contributed by atoms with Crippen LogP contribution in [0.1, 0.15) is 59.7 Å². The molecule has 19 aromatic carbocycles. The molecule has 22 aromatic rings. The van der Waals surface area contributed by atoms with E-state index in [9.17, 15) is 14.9 Å². The second kappa shape index (κ2) is 26.9. The van der Waals surface area contributed by atoms with Crippen LogP contribution in [-0.2, 0) is 10.8 Å². The maximum absolute atomic E-state index is 10.8. The van der Waals surface area contributed by atoms with E-state index in [1.54, 1.807) is 4.57 Å². The van der Waals surface area contributed by atoms with Gasteiger partial charge in [-0.1, -0.05) is 328 Å². The van der Waals surface area contributed by atoms with E-state index < -0.39 is 59.8 Å². The molecule has 5 heterocycles. The zero-order valence-corrected chi connectivity index (χ0v) is 66.6. The van der Waals surface area contributed by atoms with Crippen LogP contribution in [0.4, 0.5) is 34.1 Å². The molecular formula is C117H71BN4O2. The van der Waals surface area contributed by atoms with Gasteiger partial charge in [-0.15, -0.1) is 0 Å². The van der Waals surface area contributed by atoms with Crippen LogP contribution in [0.5, 0.6) is 0 Å². The van der Waals surface area contributed by atoms with Crippen molar-refractivity contribution in [2.75, 3.05) is 9.80 Å². The van der Waals surface area contributed by atoms with Crippen LogP contribution in [-0.4, -0.2) is 11.3 Å². The van der Waals surface area contributed by atoms with Crippen molar-refractivity contribution in [1.82, 2.24) is 4.57 Å². The monoisotopic (exact) mass is 1580 g/mol. The molecule has 2 aliphatic heterocycles. The molecule has 0 fully saturated rings. The normalized spacial score (nSPS) is 14.3. The molecule has 0 N–H and O–H groups in total. The Morgan fingerprint density at radius 3 is 1.38 bits per heavy atom. The number of para-hydroxylation sites is 6. The summed E-state index contributed by atoms with van der Waals surface area (Å²) in [6.07, 6.45) is 0. The summed E-state index contributed by atoms with van der Waals surface area (Å²) in [4.78, 5) is 4.89. The van der Waals surface area contributed by atoms with Gasteiger partial charge in [0.25, 0.3) is 6.71 Å². The summed E-state index contributed by atoms with van der Waals surface area (Å²) in [5.74, 6) is 0. The number of nitriles is 1. The number of benzene rings is 19. The van der Waals surface area contributed by atoms with Gasteiger partial charge in [0.2, 0.25) is 0 Å². The Morgan fingerprint density at radius 2 is 0.766 bits per heavy atom. The molecule has 0 spiro atoms. The van der Waals surface area contributed by atoms with E-state index in [1.807, 2.05) is 42.5 Å². The van der Waals surface area contributed by atoms with Crippen LogP contribution >= 0.6 is 0 Å². The predicted octanol–water partition coefficient (Wildman–Crippen LogP) is 27.9. The minimum Gasteiger partial charge on any atom is -0.456 e. The largest absolute Gasteiger partial charge is 0.456 e. The van der Waals surface area contributed by atoms with E-state index in [0.29, 0.717) is 11.4 Å². The van der Waals surface area contributed by atoms with Gasteiger partial charge >= 0.3 is 0 Å². The minimum absolute atomic E-state index is 0.00106. The van der Waals surface area contributed by atoms with E-state index in [-0.39, 0.29) is 27.4 Å². The van der Waals surface area contributed by atoms with Gasteiger partial charge in [-0.05, 0) is 214 Å². The number of fused-ring (bicyclic) bond motifs is 19. The summed E-state index contributed by atoms with van der Waals surface area (Å²) < 4.78 is 83.1. The van der Waals surface area contributed by atoms with Gasteiger partial charge in [-0.2, -0.15) is 5.26 Å². The lowest BCUT2D eigenvalue weighted by atomic mass is 9.33. The Kier molecular flexibility index (Phi) is 13.6. The first-order chi connectivity index (χ1) is 64.4. The lowest BCUT2D eigenvalue weighted by molar-refractivity contribution is 0.669. The van der Waals surface area contributed by atoms with Gasteiger partial charge in [0, 0.05) is 77.4 Å². The molecule has 124 heavy (non-hydrogen) atoms. The van der Waals surface area contributed by atoms with E-state index >= 15 is 0 Å². The predicted molar refractivity (Wildman–Crippen MR) is 510 cm³/mol. The fraction of sp³-hybridized carbons (Fsp3) is 0.0171. The second-order valence-corrected chi connectivity index (χ2v) is 32.9. The van der Waals surface area contributed by atoms with Crippen molar-refractivity contribution in [3.05, 3.63) is 481 Å². The number of hydrogen-bond donors (Lipinski definition) is 0. The molecule has 2 aliphatic carbocycles. The Morgan fingerprint density at radius 1 is 0.290 bits per heavy atom. The highest BCUT2D eigenvalue weighted by Gasteiger charge is 2.50. The standard InChI is InChI=1S/C117H71BN4O2/c119-72-73-52-61-106-95(64-73)89-40-17-24-49-105(89)120(106)83-57-60-101-108(71-83)122(104-48-23-16-37-85(104)76-54-59-100-94(67-76)88-39-14-21-46-98(88)117(100,81-32-9-3-10-33-81)82-34-11-4-12-35-82)110-70-78(74-56-63-113-96(65-74)91-42-19-25-50-111(91)123-113)69-109-114(110)118(101)102-68-77(86-43-27-44-92-90-41-18-26-51-112(90)124-115(86)92)55-62-107(102)121(109)103-47-22-15-36-84(103)75-53-58-99-93(66-75)87-38-13-20-45-97(87)116(99,79-28-5-1-6-29-79)80-30-7-2-8-31-80/h1-71H/i17D,24D,40D,49D,52D,61D,64D. The van der Waals surface area contributed by atoms with Crippen molar-refractivity contribution in [2.24, 2.45) is 0 Å². The second-order valence-electron chi connectivity index (χ2n) is 32.9. The highest BCUT2D eigenvalue weighted by atomic mass is 16.3. The van der Waals surface area contributed by atoms with Crippen molar-refractivity contribution in [2.45, 2.75) is 10.8 Å². The topological polar surface area (TPSA) is 61.5 Å². The SMILES string of the molecule is [2H]c1c([2H])c([2H])c2c(c1[2H])c1c([2H])c(C#N)c([2H])c([2H])c1n2-c1ccc2c(c1)N(c1ccccc1-c1ccc3c(c1)-c1ccccc1C3(c1ccccc1)c1ccccc1)c1cc(-c3ccc4oc5ccccc5c4c3)cc3c1B2c1cc(-c2cccc4c2oc2ccccc24)ccc1N3c1ccccc1-c1ccc2c(c1)-c1ccccc1C2(c1ccccc1)c1ccccc1. The molecular weight excluding hydrogens is 1500 g/mol. The summed E-state index contributed by atoms with van der Waals surface area (Å²) in [5.41, 5.74) is 31.0. The van der Waals surface area contributed by atoms with Crippen molar-refractivity contribution < 1.29 is 18.4 Å². The average Bonchev–Trinajstić information content (AvgIpc) is 1.54. The quantitative estimate of drug-likeness (QED) is 0.121. The smallest absolute Gasteiger partial charge is 0.252 e. The molecule has 6 nitrogen and oxygen atoms in total. The van der Waals surface area contributed by atoms with E-state index in [1.165, 1.54) is 27.8 Å². The first kappa shape index (κ1) is 62.9. The van der Waals surface area contributed by atoms with Crippen LogP contribution in [0.25, 0.3) is 138 Å². The number of anilines is 6. The molecule has 0 unspecified atom stereocenters. The molecule has 0 saturated heterocycles. The number of hydrogen-bond acceptors (Lipinski definition) is 5. The summed E-state index contributed by atoms with van der Waals surface area (Å²) in [6, 6.07) is 139. The fourth-order valence-corrected chi connectivity index (χ4v) is 21.7. The van der Waals surface area contributed by atoms with Crippen molar-refractivity contribution >= 4 is 123 Å². The molecule has 26 rings (SSSR count). The molecule has 0 saturated carbocycles. The van der Waals surface area contributed by atoms with Gasteiger partial charge < -0.3 is 23.2 Å². The highest BCUT2D eigenvalue weighted by molar-refractivity contribution is 7.00. The summed E-state index contributed by atoms with van der Waals surface area (Å²) >= 11 is 0. The molecule has 3 aromatic heterocycles. The number of nitrogens with zero attached hydrogens (tertiary/aromatic N) is 4. The average molecular weight is 1580 g/mol. The lowest BCUT2D eigenvalue weighted by Gasteiger charge is -2.45. The molecule has 0 bridgehead atoms. The van der Waals surface area contributed by atoms with Crippen LogP contribution in [0.2, 0.25) is 0 Å². The van der Waals surface area contributed by atoms with Gasteiger partial charge in [-0.3, -0.25) is 0 Å². The molecule has 4 aliphatic rings. The zero-order valence-electron chi connectivity index (χ0n) is 73.6. The summed E-state index contributed by atoms with van der Waals surface area (Å²) in [5, 5.41) is 14.6. The third kappa shape index (κ3) is 9.87. The molecule has 7 heteroatoms. The van der Waals surface area contributed by atoms with Crippen LogP contribution in [0.3, 0.4) is 0 Å². The van der Waals surface area contributed by atoms with E-state index in [0.717, 1.165) is 172 Å². The maximum atomic E-state index is 10.8. The van der Waals surface area contributed by atoms with E-state index in [4.69, 9.17) is 8.83 Å². The van der Waals surface area contributed by atoms with Crippen molar-refractivity contribution in [3.63, 3.8) is 0 Å². The maximum Gasteiger partial charge on any atom is 0.252 e. The highest BCUT2D eigenvalue weighted by Crippen LogP contribution is 2.61. The molecule has 574 valence electrons. The third-order valence-corrected chi connectivity index (χ3v) is 26.8. The van der Waals surface area contributed by atoms with Crippen LogP contribution in [0, 0.1) is 11.3 Å². The number of furan rings is 2. The first-order valence-corrected chi connectivity index (χ1v) is 42.1. The number of aromatic nitrogens is 1. The Balaban J connectivity index is 0.786.